The molecule has 0 saturated heterocycles. The van der Waals surface area contributed by atoms with Gasteiger partial charge in [-0.05, 0) is 17.7 Å². The van der Waals surface area contributed by atoms with E-state index in [1.54, 1.807) is 0 Å². The van der Waals surface area contributed by atoms with Gasteiger partial charge in [0.15, 0.2) is 0 Å². The number of rotatable bonds is 3. The van der Waals surface area contributed by atoms with Crippen LogP contribution in [0.2, 0.25) is 0 Å². The third-order valence-electron chi connectivity index (χ3n) is 2.34. The Morgan fingerprint density at radius 1 is 1.50 bits per heavy atom. The van der Waals surface area contributed by atoms with Gasteiger partial charge in [-0.1, -0.05) is 45.4 Å². The van der Waals surface area contributed by atoms with Crippen molar-refractivity contribution in [2.75, 3.05) is 0 Å². The summed E-state index contributed by atoms with van der Waals surface area (Å²) in [6.07, 6.45) is 1.34. The van der Waals surface area contributed by atoms with Gasteiger partial charge in [0, 0.05) is 17.3 Å². The molecule has 0 bridgehead atoms. The largest absolute Gasteiger partial charge is 0.393 e. The number of halogens is 1. The van der Waals surface area contributed by atoms with Crippen molar-refractivity contribution in [3.8, 4) is 0 Å². The van der Waals surface area contributed by atoms with Crippen molar-refractivity contribution in [2.24, 2.45) is 10.9 Å². The predicted molar refractivity (Wildman–Crippen MR) is 71.6 cm³/mol. The summed E-state index contributed by atoms with van der Waals surface area (Å²) in [6, 6.07) is 7.99. The number of oxime groups is 1. The molecule has 0 aliphatic carbocycles. The summed E-state index contributed by atoms with van der Waals surface area (Å²) in [5, 5.41) is 4.06. The molecule has 0 fully saturated rings. The van der Waals surface area contributed by atoms with E-state index in [0.29, 0.717) is 11.4 Å². The van der Waals surface area contributed by atoms with Crippen LogP contribution in [-0.4, -0.2) is 16.8 Å². The van der Waals surface area contributed by atoms with Crippen LogP contribution >= 0.6 is 28.1 Å². The van der Waals surface area contributed by atoms with Crippen LogP contribution in [0, 0.1) is 0 Å². The van der Waals surface area contributed by atoms with Gasteiger partial charge in [0.05, 0.1) is 10.7 Å². The van der Waals surface area contributed by atoms with E-state index in [4.69, 9.17) is 22.8 Å². The first-order valence-corrected chi connectivity index (χ1v) is 6.12. The van der Waals surface area contributed by atoms with Gasteiger partial charge in [0.25, 0.3) is 0 Å². The van der Waals surface area contributed by atoms with Gasteiger partial charge < -0.3 is 10.6 Å². The molecular weight excluding hydrogens is 288 g/mol. The van der Waals surface area contributed by atoms with E-state index in [-0.39, 0.29) is 6.10 Å². The molecule has 0 aromatic heterocycles. The van der Waals surface area contributed by atoms with E-state index >= 15 is 0 Å². The molecule has 1 aromatic carbocycles. The Hall–Kier alpha value is -0.940. The summed E-state index contributed by atoms with van der Waals surface area (Å²) in [4.78, 5) is 5.74. The zero-order valence-electron chi connectivity index (χ0n) is 8.52. The first-order chi connectivity index (χ1) is 7.65. The van der Waals surface area contributed by atoms with Crippen LogP contribution in [0.15, 0.2) is 33.9 Å². The molecule has 5 heteroatoms. The van der Waals surface area contributed by atoms with Gasteiger partial charge in [-0.15, -0.1) is 0 Å². The highest BCUT2D eigenvalue weighted by molar-refractivity contribution is 9.10. The maximum Gasteiger partial charge on any atom is 0.139 e. The van der Waals surface area contributed by atoms with Crippen molar-refractivity contribution in [3.63, 3.8) is 0 Å². The highest BCUT2D eigenvalue weighted by Gasteiger charge is 2.22. The molecule has 1 aromatic rings. The summed E-state index contributed by atoms with van der Waals surface area (Å²) in [5.74, 6) is 0. The molecule has 0 saturated carbocycles. The maximum atomic E-state index is 5.47. The van der Waals surface area contributed by atoms with Gasteiger partial charge in [-0.2, -0.15) is 0 Å². The minimum absolute atomic E-state index is 0.00357. The smallest absolute Gasteiger partial charge is 0.139 e. The zero-order chi connectivity index (χ0) is 11.5. The summed E-state index contributed by atoms with van der Waals surface area (Å²) < 4.78 is 1.05. The topological polar surface area (TPSA) is 47.6 Å². The van der Waals surface area contributed by atoms with E-state index in [1.165, 1.54) is 0 Å². The summed E-state index contributed by atoms with van der Waals surface area (Å²) in [6.45, 7) is 0. The van der Waals surface area contributed by atoms with E-state index in [2.05, 4.69) is 21.1 Å². The molecular formula is C11H11BrN2OS. The summed E-state index contributed by atoms with van der Waals surface area (Å²) >= 11 is 8.24. The number of thiocarbonyl (C=S) groups is 1. The van der Waals surface area contributed by atoms with Crippen LogP contribution in [0.25, 0.3) is 0 Å². The van der Waals surface area contributed by atoms with Crippen LogP contribution in [0.1, 0.15) is 18.4 Å². The zero-order valence-corrected chi connectivity index (χ0v) is 10.9. The molecule has 1 unspecified atom stereocenters. The standard InChI is InChI=1S/C11H11BrN2OS/c12-8-3-1-7(2-4-8)10-5-9(15-14-10)6-11(13)16/h1-4,9H,5-6H2,(H2,13,16). The SMILES string of the molecule is NC(=S)CC1CC(c2ccc(Br)cc2)=NO1. The van der Waals surface area contributed by atoms with Gasteiger partial charge >= 0.3 is 0 Å². The summed E-state index contributed by atoms with van der Waals surface area (Å²) in [7, 11) is 0. The molecule has 1 atom stereocenters. The molecule has 1 aliphatic heterocycles. The molecule has 84 valence electrons. The molecule has 0 spiro atoms. The van der Waals surface area contributed by atoms with Crippen LogP contribution < -0.4 is 5.73 Å². The lowest BCUT2D eigenvalue weighted by Gasteiger charge is -2.05. The van der Waals surface area contributed by atoms with Gasteiger partial charge in [-0.3, -0.25) is 0 Å². The number of benzene rings is 1. The van der Waals surface area contributed by atoms with Crippen LogP contribution in [0.4, 0.5) is 0 Å². The third kappa shape index (κ3) is 2.80. The van der Waals surface area contributed by atoms with Crippen molar-refractivity contribution < 1.29 is 4.84 Å². The lowest BCUT2D eigenvalue weighted by molar-refractivity contribution is 0.0912. The Labute approximate surface area is 108 Å². The van der Waals surface area contributed by atoms with Crippen LogP contribution in [-0.2, 0) is 4.84 Å². The Morgan fingerprint density at radius 3 is 2.81 bits per heavy atom. The van der Waals surface area contributed by atoms with Crippen LogP contribution in [0.3, 0.4) is 0 Å². The van der Waals surface area contributed by atoms with E-state index < -0.39 is 0 Å². The Morgan fingerprint density at radius 2 is 2.19 bits per heavy atom. The minimum atomic E-state index is -0.00357. The van der Waals surface area contributed by atoms with Crippen molar-refractivity contribution in [1.29, 1.82) is 0 Å². The first-order valence-electron chi connectivity index (χ1n) is 4.92. The molecule has 2 rings (SSSR count). The second kappa shape index (κ2) is 4.93. The fraction of sp³-hybridized carbons (Fsp3) is 0.273. The molecule has 16 heavy (non-hydrogen) atoms. The van der Waals surface area contributed by atoms with Crippen molar-refractivity contribution >= 4 is 38.8 Å². The molecule has 2 N–H and O–H groups in total. The van der Waals surface area contributed by atoms with Crippen LogP contribution in [0.5, 0.6) is 0 Å². The molecule has 0 amide bonds. The Kier molecular flexibility index (Phi) is 3.56. The second-order valence-corrected chi connectivity index (χ2v) is 5.09. The molecule has 1 aliphatic rings. The van der Waals surface area contributed by atoms with Crippen molar-refractivity contribution in [3.05, 3.63) is 34.3 Å². The normalized spacial score (nSPS) is 19.1. The Bertz CT molecular complexity index is 430. The van der Waals surface area contributed by atoms with Gasteiger partial charge in [0.1, 0.15) is 6.10 Å². The average molecular weight is 299 g/mol. The fourth-order valence-corrected chi connectivity index (χ4v) is 2.03. The number of nitrogens with two attached hydrogens (primary N) is 1. The van der Waals surface area contributed by atoms with Crippen molar-refractivity contribution in [2.45, 2.75) is 18.9 Å². The summed E-state index contributed by atoms with van der Waals surface area (Å²) in [5.41, 5.74) is 7.50. The quantitative estimate of drug-likeness (QED) is 0.873. The predicted octanol–water partition coefficient (Wildman–Crippen LogP) is 2.62. The number of hydrogen-bond acceptors (Lipinski definition) is 3. The fourth-order valence-electron chi connectivity index (χ4n) is 1.58. The van der Waals surface area contributed by atoms with Gasteiger partial charge in [-0.25, -0.2) is 0 Å². The van der Waals surface area contributed by atoms with E-state index in [0.717, 1.165) is 22.2 Å². The number of hydrogen-bond donors (Lipinski definition) is 1. The maximum absolute atomic E-state index is 5.47. The van der Waals surface area contributed by atoms with Gasteiger partial charge in [0.2, 0.25) is 0 Å². The van der Waals surface area contributed by atoms with Crippen molar-refractivity contribution in [1.82, 2.24) is 0 Å². The first kappa shape index (κ1) is 11.5. The highest BCUT2D eigenvalue weighted by atomic mass is 79.9. The average Bonchev–Trinajstić information content (AvgIpc) is 2.66. The van der Waals surface area contributed by atoms with E-state index in [9.17, 15) is 0 Å². The lowest BCUT2D eigenvalue weighted by atomic mass is 10.0. The molecule has 1 heterocycles. The Balaban J connectivity index is 2.03. The number of nitrogens with zero attached hydrogens (tertiary/aromatic N) is 1. The molecule has 3 nitrogen and oxygen atoms in total. The lowest BCUT2D eigenvalue weighted by Crippen LogP contribution is -2.18. The molecule has 0 radical (unpaired) electrons. The highest BCUT2D eigenvalue weighted by Crippen LogP contribution is 2.20. The second-order valence-electron chi connectivity index (χ2n) is 3.65. The monoisotopic (exact) mass is 298 g/mol. The van der Waals surface area contributed by atoms with E-state index in [1.807, 2.05) is 24.3 Å². The third-order valence-corrected chi connectivity index (χ3v) is 3.03. The minimum Gasteiger partial charge on any atom is -0.393 e.